The third-order valence-electron chi connectivity index (χ3n) is 4.38. The molecule has 0 bridgehead atoms. The van der Waals surface area contributed by atoms with Gasteiger partial charge in [0, 0.05) is 31.5 Å². The first-order chi connectivity index (χ1) is 12.1. The molecular formula is C19H28N4O2. The van der Waals surface area contributed by atoms with Crippen LogP contribution in [0.3, 0.4) is 0 Å². The molecule has 6 nitrogen and oxygen atoms in total. The number of urea groups is 1. The quantitative estimate of drug-likeness (QED) is 0.688. The molecule has 136 valence electrons. The molecule has 2 rings (SSSR count). The van der Waals surface area contributed by atoms with E-state index in [9.17, 15) is 9.90 Å². The highest BCUT2D eigenvalue weighted by Gasteiger charge is 2.17. The summed E-state index contributed by atoms with van der Waals surface area (Å²) in [6, 6.07) is 9.23. The zero-order valence-electron chi connectivity index (χ0n) is 15.2. The Bertz CT molecular complexity index is 682. The molecular weight excluding hydrogens is 316 g/mol. The van der Waals surface area contributed by atoms with Gasteiger partial charge in [0.2, 0.25) is 0 Å². The topological polar surface area (TPSA) is 79.2 Å². The number of hydrogen-bond acceptors (Lipinski definition) is 3. The SMILES string of the molecule is CCc1nn(C)c(CC)c1CNC(=O)N[C@H](CCO)c1ccccc1. The van der Waals surface area contributed by atoms with Crippen molar-refractivity contribution in [3.8, 4) is 0 Å². The summed E-state index contributed by atoms with van der Waals surface area (Å²) in [7, 11) is 1.94. The Labute approximate surface area is 149 Å². The fourth-order valence-electron chi connectivity index (χ4n) is 3.11. The molecule has 1 atom stereocenters. The first-order valence-corrected chi connectivity index (χ1v) is 8.84. The number of aryl methyl sites for hydroxylation is 2. The molecule has 2 aromatic rings. The highest BCUT2D eigenvalue weighted by molar-refractivity contribution is 5.74. The molecule has 3 N–H and O–H groups in total. The monoisotopic (exact) mass is 344 g/mol. The zero-order valence-corrected chi connectivity index (χ0v) is 15.2. The van der Waals surface area contributed by atoms with Crippen molar-refractivity contribution < 1.29 is 9.90 Å². The number of benzene rings is 1. The lowest BCUT2D eigenvalue weighted by molar-refractivity contribution is 0.229. The molecule has 0 saturated heterocycles. The van der Waals surface area contributed by atoms with Gasteiger partial charge in [-0.15, -0.1) is 0 Å². The predicted octanol–water partition coefficient (Wildman–Crippen LogP) is 2.47. The normalized spacial score (nSPS) is 12.0. The smallest absolute Gasteiger partial charge is 0.315 e. The number of hydrogen-bond donors (Lipinski definition) is 3. The summed E-state index contributed by atoms with van der Waals surface area (Å²) in [4.78, 5) is 12.3. The maximum atomic E-state index is 12.3. The van der Waals surface area contributed by atoms with Crippen molar-refractivity contribution in [2.75, 3.05) is 6.61 Å². The van der Waals surface area contributed by atoms with Gasteiger partial charge < -0.3 is 15.7 Å². The van der Waals surface area contributed by atoms with Gasteiger partial charge in [-0.25, -0.2) is 4.79 Å². The molecule has 0 unspecified atom stereocenters. The van der Waals surface area contributed by atoms with Crippen molar-refractivity contribution in [2.45, 2.75) is 45.7 Å². The van der Waals surface area contributed by atoms with E-state index in [1.54, 1.807) is 0 Å². The Morgan fingerprint density at radius 2 is 1.96 bits per heavy atom. The van der Waals surface area contributed by atoms with Crippen LogP contribution in [0.2, 0.25) is 0 Å². The maximum absolute atomic E-state index is 12.3. The number of rotatable bonds is 8. The van der Waals surface area contributed by atoms with E-state index in [2.05, 4.69) is 29.6 Å². The number of aromatic nitrogens is 2. The van der Waals surface area contributed by atoms with Crippen molar-refractivity contribution >= 4 is 6.03 Å². The number of nitrogens with one attached hydrogen (secondary N) is 2. The van der Waals surface area contributed by atoms with Gasteiger partial charge in [-0.05, 0) is 24.8 Å². The van der Waals surface area contributed by atoms with Crippen molar-refractivity contribution in [3.63, 3.8) is 0 Å². The van der Waals surface area contributed by atoms with E-state index in [-0.39, 0.29) is 18.7 Å². The van der Waals surface area contributed by atoms with Gasteiger partial charge >= 0.3 is 6.03 Å². The lowest BCUT2D eigenvalue weighted by atomic mass is 10.0. The maximum Gasteiger partial charge on any atom is 0.315 e. The minimum atomic E-state index is -0.240. The minimum absolute atomic E-state index is 0.0163. The van der Waals surface area contributed by atoms with Crippen LogP contribution in [-0.2, 0) is 26.4 Å². The molecule has 1 aromatic heterocycles. The lowest BCUT2D eigenvalue weighted by Crippen LogP contribution is -2.38. The van der Waals surface area contributed by atoms with Gasteiger partial charge in [0.25, 0.3) is 0 Å². The molecule has 0 spiro atoms. The highest BCUT2D eigenvalue weighted by atomic mass is 16.3. The predicted molar refractivity (Wildman–Crippen MR) is 98.2 cm³/mol. The standard InChI is InChI=1S/C19H28N4O2/c1-4-16-15(18(5-2)23(3)22-16)13-20-19(25)21-17(11-12-24)14-9-7-6-8-10-14/h6-10,17,24H,4-5,11-13H2,1-3H3,(H2,20,21,25)/t17-/m1/s1. The van der Waals surface area contributed by atoms with Crippen LogP contribution in [-0.4, -0.2) is 27.5 Å². The molecule has 2 amide bonds. The molecule has 0 aliphatic heterocycles. The average molecular weight is 344 g/mol. The zero-order chi connectivity index (χ0) is 18.2. The third kappa shape index (κ3) is 4.82. The van der Waals surface area contributed by atoms with Crippen LogP contribution in [0.1, 0.15) is 48.8 Å². The second kappa shape index (κ2) is 9.22. The lowest BCUT2D eigenvalue weighted by Gasteiger charge is -2.19. The van der Waals surface area contributed by atoms with Crippen molar-refractivity contribution in [1.82, 2.24) is 20.4 Å². The van der Waals surface area contributed by atoms with Gasteiger partial charge in [-0.2, -0.15) is 5.10 Å². The molecule has 0 fully saturated rings. The molecule has 1 aromatic carbocycles. The summed E-state index contributed by atoms with van der Waals surface area (Å²) in [5.41, 5.74) is 4.25. The first kappa shape index (κ1) is 19.0. The fourth-order valence-corrected chi connectivity index (χ4v) is 3.11. The second-order valence-corrected chi connectivity index (χ2v) is 6.01. The molecule has 6 heteroatoms. The van der Waals surface area contributed by atoms with Crippen molar-refractivity contribution in [1.29, 1.82) is 0 Å². The number of carbonyl (C=O) groups excluding carboxylic acids is 1. The fraction of sp³-hybridized carbons (Fsp3) is 0.474. The number of aliphatic hydroxyl groups is 1. The summed E-state index contributed by atoms with van der Waals surface area (Å²) in [6.45, 7) is 4.62. The number of carbonyl (C=O) groups is 1. The van der Waals surface area contributed by atoms with E-state index in [4.69, 9.17) is 0 Å². The average Bonchev–Trinajstić information content (AvgIpc) is 2.95. The van der Waals surface area contributed by atoms with Crippen LogP contribution in [0.4, 0.5) is 4.79 Å². The number of nitrogens with zero attached hydrogens (tertiary/aromatic N) is 2. The molecule has 0 aliphatic rings. The first-order valence-electron chi connectivity index (χ1n) is 8.84. The summed E-state index contributed by atoms with van der Waals surface area (Å²) >= 11 is 0. The molecule has 0 saturated carbocycles. The van der Waals surface area contributed by atoms with E-state index in [1.807, 2.05) is 42.1 Å². The summed E-state index contributed by atoms with van der Waals surface area (Å²) < 4.78 is 1.90. The van der Waals surface area contributed by atoms with Gasteiger partial charge in [0.05, 0.1) is 11.7 Å². The van der Waals surface area contributed by atoms with Gasteiger partial charge in [-0.1, -0.05) is 44.2 Å². The molecule has 1 heterocycles. The summed E-state index contributed by atoms with van der Waals surface area (Å²) in [6.07, 6.45) is 2.19. The summed E-state index contributed by atoms with van der Waals surface area (Å²) in [5, 5.41) is 19.7. The van der Waals surface area contributed by atoms with E-state index >= 15 is 0 Å². The van der Waals surface area contributed by atoms with E-state index in [0.29, 0.717) is 13.0 Å². The largest absolute Gasteiger partial charge is 0.396 e. The third-order valence-corrected chi connectivity index (χ3v) is 4.38. The number of aliphatic hydroxyl groups excluding tert-OH is 1. The highest BCUT2D eigenvalue weighted by Crippen LogP contribution is 2.17. The molecule has 25 heavy (non-hydrogen) atoms. The van der Waals surface area contributed by atoms with Gasteiger partial charge in [0.1, 0.15) is 0 Å². The minimum Gasteiger partial charge on any atom is -0.396 e. The Morgan fingerprint density at radius 3 is 2.56 bits per heavy atom. The van der Waals surface area contributed by atoms with E-state index in [1.165, 1.54) is 0 Å². The van der Waals surface area contributed by atoms with Crippen LogP contribution in [0, 0.1) is 0 Å². The molecule has 0 aliphatic carbocycles. The van der Waals surface area contributed by atoms with Crippen LogP contribution in [0.15, 0.2) is 30.3 Å². The second-order valence-electron chi connectivity index (χ2n) is 6.01. The Kier molecular flexibility index (Phi) is 7.01. The van der Waals surface area contributed by atoms with Crippen LogP contribution >= 0.6 is 0 Å². The molecule has 0 radical (unpaired) electrons. The van der Waals surface area contributed by atoms with Gasteiger partial charge in [0.15, 0.2) is 0 Å². The number of amides is 2. The Balaban J connectivity index is 2.02. The van der Waals surface area contributed by atoms with Gasteiger partial charge in [-0.3, -0.25) is 4.68 Å². The van der Waals surface area contributed by atoms with Crippen molar-refractivity contribution in [2.24, 2.45) is 7.05 Å². The van der Waals surface area contributed by atoms with E-state index in [0.717, 1.165) is 35.4 Å². The Hall–Kier alpha value is -2.34. The Morgan fingerprint density at radius 1 is 1.24 bits per heavy atom. The summed E-state index contributed by atoms with van der Waals surface area (Å²) in [5.74, 6) is 0. The van der Waals surface area contributed by atoms with Crippen LogP contribution in [0.25, 0.3) is 0 Å². The van der Waals surface area contributed by atoms with Crippen molar-refractivity contribution in [3.05, 3.63) is 52.8 Å². The van der Waals surface area contributed by atoms with Crippen LogP contribution in [0.5, 0.6) is 0 Å². The van der Waals surface area contributed by atoms with Crippen LogP contribution < -0.4 is 10.6 Å². The van der Waals surface area contributed by atoms with E-state index < -0.39 is 0 Å².